The first kappa shape index (κ1) is 21.1. The number of rotatable bonds is 7. The van der Waals surface area contributed by atoms with E-state index in [9.17, 15) is 15.0 Å². The lowest BCUT2D eigenvalue weighted by atomic mass is 9.76. The van der Waals surface area contributed by atoms with Gasteiger partial charge in [0.2, 0.25) is 5.79 Å². The second-order valence-corrected chi connectivity index (χ2v) is 7.43. The molecule has 0 amide bonds. The molecule has 0 spiro atoms. The molecule has 0 aromatic heterocycles. The van der Waals surface area contributed by atoms with Crippen molar-refractivity contribution in [2.45, 2.75) is 40.4 Å². The zero-order valence-electron chi connectivity index (χ0n) is 16.8. The van der Waals surface area contributed by atoms with Crippen LogP contribution in [-0.4, -0.2) is 28.4 Å². The summed E-state index contributed by atoms with van der Waals surface area (Å²) in [6.07, 6.45) is 5.11. The van der Waals surface area contributed by atoms with E-state index in [1.54, 1.807) is 24.3 Å². The fraction of sp³-hybridized carbons (Fsp3) is 0.435. The van der Waals surface area contributed by atoms with Crippen LogP contribution in [0.3, 0.4) is 0 Å². The summed E-state index contributed by atoms with van der Waals surface area (Å²) in [5.74, 6) is -2.12. The number of aliphatic hydroxyl groups is 2. The minimum atomic E-state index is -2.04. The van der Waals surface area contributed by atoms with Crippen LogP contribution in [0, 0.1) is 17.8 Å². The predicted molar refractivity (Wildman–Crippen MR) is 107 cm³/mol. The Morgan fingerprint density at radius 3 is 2.30 bits per heavy atom. The number of hydrogen-bond donors (Lipinski definition) is 2. The molecule has 27 heavy (non-hydrogen) atoms. The van der Waals surface area contributed by atoms with Crippen molar-refractivity contribution in [2.75, 3.05) is 6.61 Å². The number of benzene rings is 1. The van der Waals surface area contributed by atoms with Crippen LogP contribution in [0.1, 0.15) is 45.0 Å². The van der Waals surface area contributed by atoms with Crippen molar-refractivity contribution in [1.82, 2.24) is 0 Å². The Kier molecular flexibility index (Phi) is 6.79. The third-order valence-corrected chi connectivity index (χ3v) is 4.72. The fourth-order valence-corrected chi connectivity index (χ4v) is 3.54. The van der Waals surface area contributed by atoms with E-state index in [-0.39, 0.29) is 23.5 Å². The zero-order valence-corrected chi connectivity index (χ0v) is 16.8. The van der Waals surface area contributed by atoms with Crippen LogP contribution in [-0.2, 0) is 4.74 Å². The Hall–Kier alpha value is -2.17. The highest BCUT2D eigenvalue weighted by Crippen LogP contribution is 2.43. The van der Waals surface area contributed by atoms with Crippen LogP contribution < -0.4 is 0 Å². The molecule has 0 aliphatic heterocycles. The third-order valence-electron chi connectivity index (χ3n) is 4.72. The van der Waals surface area contributed by atoms with Gasteiger partial charge in [-0.05, 0) is 30.4 Å². The van der Waals surface area contributed by atoms with Crippen molar-refractivity contribution < 1.29 is 19.7 Å². The van der Waals surface area contributed by atoms with E-state index in [2.05, 4.69) is 0 Å². The summed E-state index contributed by atoms with van der Waals surface area (Å²) >= 11 is 0. The van der Waals surface area contributed by atoms with Gasteiger partial charge in [-0.3, -0.25) is 4.79 Å². The minimum absolute atomic E-state index is 0.0577. The Bertz CT molecular complexity index is 752. The van der Waals surface area contributed by atoms with Gasteiger partial charge in [-0.2, -0.15) is 0 Å². The lowest BCUT2D eigenvalue weighted by molar-refractivity contribution is -0.112. The average Bonchev–Trinajstić information content (AvgIpc) is 2.60. The van der Waals surface area contributed by atoms with Crippen molar-refractivity contribution in [3.8, 4) is 0 Å². The second-order valence-electron chi connectivity index (χ2n) is 7.43. The van der Waals surface area contributed by atoms with Gasteiger partial charge in [0.1, 0.15) is 5.76 Å². The predicted octanol–water partition coefficient (Wildman–Crippen LogP) is 4.27. The van der Waals surface area contributed by atoms with Gasteiger partial charge in [-0.1, -0.05) is 70.2 Å². The summed E-state index contributed by atoms with van der Waals surface area (Å²) < 4.78 is 5.82. The van der Waals surface area contributed by atoms with E-state index in [1.165, 1.54) is 6.08 Å². The largest absolute Gasteiger partial charge is 0.497 e. The highest BCUT2D eigenvalue weighted by atomic mass is 16.5. The van der Waals surface area contributed by atoms with Crippen LogP contribution in [0.15, 0.2) is 65.5 Å². The summed E-state index contributed by atoms with van der Waals surface area (Å²) in [7, 11) is 0. The molecule has 4 heteroatoms. The molecule has 0 fully saturated rings. The molecule has 1 aromatic rings. The monoisotopic (exact) mass is 370 g/mol. The lowest BCUT2D eigenvalue weighted by Crippen LogP contribution is -2.42. The first-order valence-electron chi connectivity index (χ1n) is 9.51. The van der Waals surface area contributed by atoms with Crippen LogP contribution in [0.25, 0.3) is 0 Å². The molecule has 146 valence electrons. The van der Waals surface area contributed by atoms with Crippen LogP contribution >= 0.6 is 0 Å². The highest BCUT2D eigenvalue weighted by Gasteiger charge is 2.43. The summed E-state index contributed by atoms with van der Waals surface area (Å²) in [6.45, 7) is 9.94. The number of hydrogen-bond acceptors (Lipinski definition) is 4. The molecule has 0 heterocycles. The van der Waals surface area contributed by atoms with E-state index in [0.717, 1.165) is 0 Å². The molecular weight excluding hydrogens is 340 g/mol. The zero-order chi connectivity index (χ0) is 20.2. The van der Waals surface area contributed by atoms with Gasteiger partial charge < -0.3 is 14.9 Å². The maximum Gasteiger partial charge on any atom is 0.213 e. The Morgan fingerprint density at radius 1 is 1.15 bits per heavy atom. The second kappa shape index (κ2) is 8.68. The highest BCUT2D eigenvalue weighted by molar-refractivity contribution is 6.04. The molecule has 1 aliphatic carbocycles. The molecule has 0 bridgehead atoms. The third kappa shape index (κ3) is 4.57. The Morgan fingerprint density at radius 2 is 1.78 bits per heavy atom. The smallest absolute Gasteiger partial charge is 0.213 e. The van der Waals surface area contributed by atoms with Gasteiger partial charge >= 0.3 is 0 Å². The first-order chi connectivity index (χ1) is 12.7. The molecule has 1 aliphatic rings. The van der Waals surface area contributed by atoms with Gasteiger partial charge in [-0.25, -0.2) is 0 Å². The standard InChI is InChI=1S/C23H30O4/c1-6-27-22-18(12-13-20(24)17-10-8-7-9-11-17)14-19(15(2)3)23(25,26)21(22)16(4)5/h7-16,18,25-26H,6H2,1-5H3/b13-12+. The maximum atomic E-state index is 12.4. The van der Waals surface area contributed by atoms with Gasteiger partial charge in [0.25, 0.3) is 0 Å². The summed E-state index contributed by atoms with van der Waals surface area (Å²) in [5, 5.41) is 21.7. The van der Waals surface area contributed by atoms with Crippen LogP contribution in [0.5, 0.6) is 0 Å². The number of ether oxygens (including phenoxy) is 1. The van der Waals surface area contributed by atoms with E-state index in [1.807, 2.05) is 52.8 Å². The van der Waals surface area contributed by atoms with Crippen molar-refractivity contribution in [2.24, 2.45) is 17.8 Å². The van der Waals surface area contributed by atoms with E-state index in [4.69, 9.17) is 4.74 Å². The molecule has 1 aromatic carbocycles. The van der Waals surface area contributed by atoms with Gasteiger partial charge in [0.05, 0.1) is 12.5 Å². The van der Waals surface area contributed by atoms with E-state index < -0.39 is 5.79 Å². The molecule has 0 saturated heterocycles. The number of carbonyl (C=O) groups excluding carboxylic acids is 1. The number of ketones is 1. The SMILES string of the molecule is CCOC1=C(C(C)C)C(O)(O)C(C(C)C)=CC1/C=C/C(=O)c1ccccc1. The van der Waals surface area contributed by atoms with Crippen LogP contribution in [0.4, 0.5) is 0 Å². The van der Waals surface area contributed by atoms with Crippen molar-refractivity contribution >= 4 is 5.78 Å². The van der Waals surface area contributed by atoms with E-state index in [0.29, 0.717) is 29.1 Å². The molecule has 2 rings (SSSR count). The van der Waals surface area contributed by atoms with E-state index >= 15 is 0 Å². The lowest BCUT2D eigenvalue weighted by Gasteiger charge is -2.39. The quantitative estimate of drug-likeness (QED) is 0.326. The Balaban J connectivity index is 2.48. The molecule has 0 saturated carbocycles. The summed E-state index contributed by atoms with van der Waals surface area (Å²) in [4.78, 5) is 12.4. The average molecular weight is 370 g/mol. The minimum Gasteiger partial charge on any atom is -0.497 e. The fourth-order valence-electron chi connectivity index (χ4n) is 3.54. The van der Waals surface area contributed by atoms with Crippen molar-refractivity contribution in [3.05, 3.63) is 71.0 Å². The number of carbonyl (C=O) groups is 1. The first-order valence-corrected chi connectivity index (χ1v) is 9.51. The van der Waals surface area contributed by atoms with Gasteiger partial charge in [-0.15, -0.1) is 0 Å². The molecule has 1 unspecified atom stereocenters. The molecule has 4 nitrogen and oxygen atoms in total. The topological polar surface area (TPSA) is 66.8 Å². The normalized spacial score (nSPS) is 19.7. The maximum absolute atomic E-state index is 12.4. The molecule has 0 radical (unpaired) electrons. The van der Waals surface area contributed by atoms with Gasteiger partial charge in [0, 0.05) is 11.1 Å². The van der Waals surface area contributed by atoms with Gasteiger partial charge in [0.15, 0.2) is 5.78 Å². The van der Waals surface area contributed by atoms with Crippen molar-refractivity contribution in [3.63, 3.8) is 0 Å². The molecular formula is C23H30O4. The van der Waals surface area contributed by atoms with Crippen LogP contribution in [0.2, 0.25) is 0 Å². The summed E-state index contributed by atoms with van der Waals surface area (Å²) in [6, 6.07) is 9.06. The Labute approximate surface area is 161 Å². The number of allylic oxidation sites excluding steroid dienone is 2. The van der Waals surface area contributed by atoms with Crippen molar-refractivity contribution in [1.29, 1.82) is 0 Å². The molecule has 1 atom stereocenters. The summed E-state index contributed by atoms with van der Waals surface area (Å²) in [5.41, 5.74) is 1.59. The molecule has 2 N–H and O–H groups in total.